The smallest absolute Gasteiger partial charge is 0.142 e. The second kappa shape index (κ2) is 5.35. The van der Waals surface area contributed by atoms with Crippen molar-refractivity contribution in [2.75, 3.05) is 0 Å². The molecular weight excluding hydrogens is 203 g/mol. The summed E-state index contributed by atoms with van der Waals surface area (Å²) in [5.41, 5.74) is 0.435. The van der Waals surface area contributed by atoms with Crippen molar-refractivity contribution in [3.05, 3.63) is 52.8 Å². The number of aldehydes is 1. The van der Waals surface area contributed by atoms with E-state index in [0.717, 1.165) is 0 Å². The van der Waals surface area contributed by atoms with E-state index in [-0.39, 0.29) is 5.82 Å². The molecule has 0 N–H and O–H groups in total. The van der Waals surface area contributed by atoms with Crippen molar-refractivity contribution in [2.45, 2.75) is 0 Å². The van der Waals surface area contributed by atoms with Crippen LogP contribution in [0.5, 0.6) is 0 Å². The van der Waals surface area contributed by atoms with E-state index in [1.54, 1.807) is 24.3 Å². The fourth-order valence-corrected chi connectivity index (χ4v) is 1.06. The number of hydrogen-bond acceptors (Lipinski definition) is 1. The van der Waals surface area contributed by atoms with E-state index in [2.05, 4.69) is 0 Å². The van der Waals surface area contributed by atoms with Gasteiger partial charge < -0.3 is 0 Å². The zero-order chi connectivity index (χ0) is 10.4. The first-order chi connectivity index (χ1) is 6.74. The third-order valence-corrected chi connectivity index (χ3v) is 1.77. The maximum absolute atomic E-state index is 13.1. The van der Waals surface area contributed by atoms with E-state index in [4.69, 9.17) is 11.6 Å². The first kappa shape index (κ1) is 10.7. The molecule has 1 aromatic carbocycles. The molecule has 0 aliphatic rings. The van der Waals surface area contributed by atoms with Crippen LogP contribution >= 0.6 is 11.6 Å². The van der Waals surface area contributed by atoms with E-state index in [1.165, 1.54) is 18.2 Å². The molecule has 0 heterocycles. The topological polar surface area (TPSA) is 17.1 Å². The van der Waals surface area contributed by atoms with Crippen molar-refractivity contribution >= 4 is 24.0 Å². The van der Waals surface area contributed by atoms with E-state index in [0.29, 0.717) is 16.9 Å². The van der Waals surface area contributed by atoms with Crippen molar-refractivity contribution < 1.29 is 9.18 Å². The van der Waals surface area contributed by atoms with Gasteiger partial charge in [-0.05, 0) is 18.2 Å². The molecule has 0 bridgehead atoms. The predicted molar refractivity (Wildman–Crippen MR) is 55.6 cm³/mol. The second-order valence-electron chi connectivity index (χ2n) is 2.55. The van der Waals surface area contributed by atoms with Crippen molar-refractivity contribution in [2.24, 2.45) is 0 Å². The third kappa shape index (κ3) is 3.15. The summed E-state index contributed by atoms with van der Waals surface area (Å²) in [5, 5.41) is 0.364. The third-order valence-electron chi connectivity index (χ3n) is 1.54. The summed E-state index contributed by atoms with van der Waals surface area (Å²) in [6.07, 6.45) is 6.65. The van der Waals surface area contributed by atoms with E-state index < -0.39 is 0 Å². The SMILES string of the molecule is O=C/C=C/C=C/c1ccc(Cl)cc1F. The largest absolute Gasteiger partial charge is 0.299 e. The molecule has 0 fully saturated rings. The molecule has 1 rings (SSSR count). The molecule has 0 aliphatic heterocycles. The van der Waals surface area contributed by atoms with Gasteiger partial charge in [-0.2, -0.15) is 0 Å². The molecule has 1 nitrogen and oxygen atoms in total. The Balaban J connectivity index is 2.81. The van der Waals surface area contributed by atoms with Gasteiger partial charge in [-0.25, -0.2) is 4.39 Å². The fraction of sp³-hybridized carbons (Fsp3) is 0. The number of carbonyl (C=O) groups excluding carboxylic acids is 1. The standard InChI is InChI=1S/C11H8ClFO/c12-10-6-5-9(11(13)8-10)4-2-1-3-7-14/h1-8H/b3-1+,4-2+. The highest BCUT2D eigenvalue weighted by Gasteiger charge is 1.97. The van der Waals surface area contributed by atoms with Gasteiger partial charge in [-0.1, -0.05) is 35.9 Å². The lowest BCUT2D eigenvalue weighted by atomic mass is 10.2. The van der Waals surface area contributed by atoms with Crippen molar-refractivity contribution in [3.63, 3.8) is 0 Å². The summed E-state index contributed by atoms with van der Waals surface area (Å²) in [5.74, 6) is -0.381. The lowest BCUT2D eigenvalue weighted by Crippen LogP contribution is -1.80. The van der Waals surface area contributed by atoms with Crippen LogP contribution in [0.2, 0.25) is 5.02 Å². The normalized spacial score (nSPS) is 11.3. The van der Waals surface area contributed by atoms with Crippen LogP contribution in [0.25, 0.3) is 6.08 Å². The minimum Gasteiger partial charge on any atom is -0.299 e. The summed E-state index contributed by atoms with van der Waals surface area (Å²) in [7, 11) is 0. The molecule has 0 spiro atoms. The van der Waals surface area contributed by atoms with Gasteiger partial charge in [0, 0.05) is 10.6 Å². The Labute approximate surface area is 86.5 Å². The van der Waals surface area contributed by atoms with Gasteiger partial charge in [0.15, 0.2) is 0 Å². The highest BCUT2D eigenvalue weighted by Crippen LogP contribution is 2.15. The van der Waals surface area contributed by atoms with Crippen molar-refractivity contribution in [1.82, 2.24) is 0 Å². The van der Waals surface area contributed by atoms with E-state index >= 15 is 0 Å². The summed E-state index contributed by atoms with van der Waals surface area (Å²) >= 11 is 5.58. The molecule has 0 atom stereocenters. The van der Waals surface area contributed by atoms with Gasteiger partial charge in [0.25, 0.3) is 0 Å². The van der Waals surface area contributed by atoms with Crippen LogP contribution in [-0.2, 0) is 4.79 Å². The Kier molecular flexibility index (Phi) is 4.08. The lowest BCUT2D eigenvalue weighted by molar-refractivity contribution is -0.104. The monoisotopic (exact) mass is 210 g/mol. The Morgan fingerprint density at radius 1 is 1.21 bits per heavy atom. The molecule has 0 aromatic heterocycles. The van der Waals surface area contributed by atoms with Crippen LogP contribution in [0.4, 0.5) is 4.39 Å². The summed E-state index contributed by atoms with van der Waals surface area (Å²) in [6, 6.07) is 4.42. The van der Waals surface area contributed by atoms with Crippen molar-refractivity contribution in [1.29, 1.82) is 0 Å². The number of benzene rings is 1. The van der Waals surface area contributed by atoms with Crippen LogP contribution in [0.1, 0.15) is 5.56 Å². The first-order valence-electron chi connectivity index (χ1n) is 3.97. The van der Waals surface area contributed by atoms with E-state index in [1.807, 2.05) is 0 Å². The molecule has 1 aromatic rings. The molecule has 0 saturated heterocycles. The lowest BCUT2D eigenvalue weighted by Gasteiger charge is -1.95. The average molecular weight is 211 g/mol. The highest BCUT2D eigenvalue weighted by molar-refractivity contribution is 6.30. The summed E-state index contributed by atoms with van der Waals surface area (Å²) in [4.78, 5) is 9.92. The van der Waals surface area contributed by atoms with Crippen LogP contribution in [0.3, 0.4) is 0 Å². The molecule has 0 aliphatic carbocycles. The molecular formula is C11H8ClFO. The number of halogens is 2. The predicted octanol–water partition coefficient (Wildman–Crippen LogP) is 3.25. The molecule has 0 amide bonds. The van der Waals surface area contributed by atoms with Gasteiger partial charge in [-0.3, -0.25) is 4.79 Å². The number of rotatable bonds is 3. The molecule has 0 saturated carbocycles. The Morgan fingerprint density at radius 3 is 2.64 bits per heavy atom. The van der Waals surface area contributed by atoms with Crippen LogP contribution < -0.4 is 0 Å². The van der Waals surface area contributed by atoms with Gasteiger partial charge in [0.05, 0.1) is 0 Å². The number of carbonyl (C=O) groups is 1. The van der Waals surface area contributed by atoms with Gasteiger partial charge in [0.2, 0.25) is 0 Å². The quantitative estimate of drug-likeness (QED) is 0.425. The molecule has 0 radical (unpaired) electrons. The minimum atomic E-state index is -0.381. The summed E-state index contributed by atoms with van der Waals surface area (Å²) < 4.78 is 13.1. The van der Waals surface area contributed by atoms with Crippen LogP contribution in [0, 0.1) is 5.82 Å². The fourth-order valence-electron chi connectivity index (χ4n) is 0.905. The van der Waals surface area contributed by atoms with Crippen LogP contribution in [0.15, 0.2) is 36.4 Å². The maximum atomic E-state index is 13.1. The van der Waals surface area contributed by atoms with Gasteiger partial charge in [-0.15, -0.1) is 0 Å². The van der Waals surface area contributed by atoms with Gasteiger partial charge in [0.1, 0.15) is 12.1 Å². The maximum Gasteiger partial charge on any atom is 0.142 e. The molecule has 72 valence electrons. The van der Waals surface area contributed by atoms with E-state index in [9.17, 15) is 9.18 Å². The summed E-state index contributed by atoms with van der Waals surface area (Å²) in [6.45, 7) is 0. The Bertz CT molecular complexity index is 383. The number of hydrogen-bond donors (Lipinski definition) is 0. The number of allylic oxidation sites excluding steroid dienone is 3. The van der Waals surface area contributed by atoms with Crippen molar-refractivity contribution in [3.8, 4) is 0 Å². The first-order valence-corrected chi connectivity index (χ1v) is 4.35. The molecule has 14 heavy (non-hydrogen) atoms. The second-order valence-corrected chi connectivity index (χ2v) is 2.98. The minimum absolute atomic E-state index is 0.364. The molecule has 3 heteroatoms. The Hall–Kier alpha value is -1.41. The Morgan fingerprint density at radius 2 is 2.00 bits per heavy atom. The van der Waals surface area contributed by atoms with Crippen LogP contribution in [-0.4, -0.2) is 6.29 Å². The van der Waals surface area contributed by atoms with Gasteiger partial charge >= 0.3 is 0 Å². The zero-order valence-corrected chi connectivity index (χ0v) is 8.04. The average Bonchev–Trinajstić information content (AvgIpc) is 2.15. The zero-order valence-electron chi connectivity index (χ0n) is 7.28. The molecule has 0 unspecified atom stereocenters. The highest BCUT2D eigenvalue weighted by atomic mass is 35.5.